The largest absolute Gasteiger partial charge is 0.497 e. The topological polar surface area (TPSA) is 48.8 Å². The fourth-order valence-corrected chi connectivity index (χ4v) is 3.71. The van der Waals surface area contributed by atoms with Gasteiger partial charge < -0.3 is 14.2 Å². The molecule has 3 rings (SSSR count). The van der Waals surface area contributed by atoms with E-state index in [1.54, 1.807) is 14.2 Å². The zero-order valence-electron chi connectivity index (χ0n) is 16.9. The van der Waals surface area contributed by atoms with Gasteiger partial charge in [0.25, 0.3) is 0 Å². The summed E-state index contributed by atoms with van der Waals surface area (Å²) in [5, 5.41) is 4.50. The summed E-state index contributed by atoms with van der Waals surface area (Å²) in [7, 11) is 3.41. The van der Waals surface area contributed by atoms with E-state index in [1.165, 1.54) is 11.3 Å². The third kappa shape index (κ3) is 4.82. The van der Waals surface area contributed by atoms with Gasteiger partial charge in [0.1, 0.15) is 11.5 Å². The monoisotopic (exact) mass is 373 g/mol. The molecule has 1 aliphatic rings. The molecule has 6 heteroatoms. The molecule has 27 heavy (non-hydrogen) atoms. The summed E-state index contributed by atoms with van der Waals surface area (Å²) < 4.78 is 18.9. The highest BCUT2D eigenvalue weighted by atomic mass is 16.5. The number of hydrogen-bond acceptors (Lipinski definition) is 5. The Morgan fingerprint density at radius 3 is 2.67 bits per heavy atom. The van der Waals surface area contributed by atoms with Crippen LogP contribution in [-0.2, 0) is 24.4 Å². The Hall–Kier alpha value is -2.05. The third-order valence-corrected chi connectivity index (χ3v) is 5.27. The Bertz CT molecular complexity index is 738. The average molecular weight is 373 g/mol. The minimum Gasteiger partial charge on any atom is -0.497 e. The SMILES string of the molecule is CCn1ncc(CN(Cc2cc(OC)ccc2OC)CC2CCCO2)c1C. The van der Waals surface area contributed by atoms with Gasteiger partial charge in [-0.25, -0.2) is 0 Å². The van der Waals surface area contributed by atoms with E-state index in [0.29, 0.717) is 6.10 Å². The molecule has 0 N–H and O–H groups in total. The zero-order chi connectivity index (χ0) is 19.2. The van der Waals surface area contributed by atoms with E-state index >= 15 is 0 Å². The van der Waals surface area contributed by atoms with E-state index in [0.717, 1.165) is 62.7 Å². The lowest BCUT2D eigenvalue weighted by molar-refractivity contribution is 0.0675. The van der Waals surface area contributed by atoms with Crippen molar-refractivity contribution in [3.8, 4) is 11.5 Å². The van der Waals surface area contributed by atoms with Gasteiger partial charge in [-0.3, -0.25) is 9.58 Å². The second-order valence-electron chi connectivity index (χ2n) is 7.05. The lowest BCUT2D eigenvalue weighted by atomic mass is 10.1. The van der Waals surface area contributed by atoms with Crippen LogP contribution in [0.2, 0.25) is 0 Å². The van der Waals surface area contributed by atoms with E-state index in [2.05, 4.69) is 29.9 Å². The van der Waals surface area contributed by atoms with E-state index in [4.69, 9.17) is 14.2 Å². The summed E-state index contributed by atoms with van der Waals surface area (Å²) in [5.74, 6) is 1.73. The van der Waals surface area contributed by atoms with Crippen LogP contribution in [0, 0.1) is 6.92 Å². The minimum atomic E-state index is 0.295. The van der Waals surface area contributed by atoms with Gasteiger partial charge in [-0.2, -0.15) is 5.10 Å². The number of ether oxygens (including phenoxy) is 3. The second-order valence-corrected chi connectivity index (χ2v) is 7.05. The number of aromatic nitrogens is 2. The molecule has 0 amide bonds. The first kappa shape index (κ1) is 19.7. The number of aryl methyl sites for hydroxylation is 1. The molecular formula is C21H31N3O3. The summed E-state index contributed by atoms with van der Waals surface area (Å²) in [6.45, 7) is 8.53. The Morgan fingerprint density at radius 1 is 1.22 bits per heavy atom. The van der Waals surface area contributed by atoms with E-state index in [1.807, 2.05) is 23.0 Å². The maximum absolute atomic E-state index is 5.90. The first-order chi connectivity index (χ1) is 13.1. The molecule has 0 aliphatic carbocycles. The van der Waals surface area contributed by atoms with Crippen LogP contribution in [0.3, 0.4) is 0 Å². The van der Waals surface area contributed by atoms with Crippen LogP contribution in [0.25, 0.3) is 0 Å². The standard InChI is InChI=1S/C21H31N3O3/c1-5-24-16(2)18(12-22-24)14-23(15-20-7-6-10-27-20)13-17-11-19(25-3)8-9-21(17)26-4/h8-9,11-12,20H,5-7,10,13-15H2,1-4H3. The van der Waals surface area contributed by atoms with Crippen molar-refractivity contribution in [1.82, 2.24) is 14.7 Å². The van der Waals surface area contributed by atoms with Crippen molar-refractivity contribution < 1.29 is 14.2 Å². The second kappa shape index (κ2) is 9.24. The van der Waals surface area contributed by atoms with Gasteiger partial charge in [0.2, 0.25) is 0 Å². The predicted octanol–water partition coefficient (Wildman–Crippen LogP) is 3.41. The normalized spacial score (nSPS) is 16.9. The van der Waals surface area contributed by atoms with Gasteiger partial charge >= 0.3 is 0 Å². The molecule has 2 heterocycles. The molecule has 148 valence electrons. The molecule has 1 aromatic carbocycles. The van der Waals surface area contributed by atoms with Crippen LogP contribution in [0.4, 0.5) is 0 Å². The Kier molecular flexibility index (Phi) is 6.74. The molecule has 0 spiro atoms. The van der Waals surface area contributed by atoms with Crippen LogP contribution >= 0.6 is 0 Å². The Morgan fingerprint density at radius 2 is 2.04 bits per heavy atom. The molecule has 1 aromatic heterocycles. The molecule has 1 aliphatic heterocycles. The van der Waals surface area contributed by atoms with Crippen molar-refractivity contribution in [3.05, 3.63) is 41.2 Å². The predicted molar refractivity (Wildman–Crippen MR) is 105 cm³/mol. The first-order valence-electron chi connectivity index (χ1n) is 9.70. The van der Waals surface area contributed by atoms with Crippen LogP contribution in [0.5, 0.6) is 11.5 Å². The molecule has 0 radical (unpaired) electrons. The third-order valence-electron chi connectivity index (χ3n) is 5.27. The maximum atomic E-state index is 5.90. The fourth-order valence-electron chi connectivity index (χ4n) is 3.71. The fraction of sp³-hybridized carbons (Fsp3) is 0.571. The molecule has 6 nitrogen and oxygen atoms in total. The van der Waals surface area contributed by atoms with Gasteiger partial charge in [-0.1, -0.05) is 0 Å². The number of benzene rings is 1. The lowest BCUT2D eigenvalue weighted by Gasteiger charge is -2.26. The molecule has 1 fully saturated rings. The highest BCUT2D eigenvalue weighted by Gasteiger charge is 2.22. The summed E-state index contributed by atoms with van der Waals surface area (Å²) in [6, 6.07) is 5.96. The highest BCUT2D eigenvalue weighted by molar-refractivity contribution is 5.40. The quantitative estimate of drug-likeness (QED) is 0.674. The zero-order valence-corrected chi connectivity index (χ0v) is 16.9. The van der Waals surface area contributed by atoms with E-state index in [9.17, 15) is 0 Å². The molecule has 2 aromatic rings. The van der Waals surface area contributed by atoms with Crippen molar-refractivity contribution in [2.24, 2.45) is 0 Å². The van der Waals surface area contributed by atoms with Crippen molar-refractivity contribution in [2.75, 3.05) is 27.4 Å². The molecule has 1 atom stereocenters. The maximum Gasteiger partial charge on any atom is 0.123 e. The van der Waals surface area contributed by atoms with Crippen molar-refractivity contribution in [1.29, 1.82) is 0 Å². The number of methoxy groups -OCH3 is 2. The van der Waals surface area contributed by atoms with Gasteiger partial charge in [0.15, 0.2) is 0 Å². The summed E-state index contributed by atoms with van der Waals surface area (Å²) >= 11 is 0. The van der Waals surface area contributed by atoms with Crippen molar-refractivity contribution >= 4 is 0 Å². The van der Waals surface area contributed by atoms with E-state index in [-0.39, 0.29) is 0 Å². The van der Waals surface area contributed by atoms with E-state index < -0.39 is 0 Å². The van der Waals surface area contributed by atoms with Gasteiger partial charge in [-0.15, -0.1) is 0 Å². The Balaban J connectivity index is 1.82. The van der Waals surface area contributed by atoms with Crippen molar-refractivity contribution in [3.63, 3.8) is 0 Å². The average Bonchev–Trinajstić information content (AvgIpc) is 3.31. The van der Waals surface area contributed by atoms with Crippen LogP contribution in [0.15, 0.2) is 24.4 Å². The van der Waals surface area contributed by atoms with Gasteiger partial charge in [0, 0.05) is 49.6 Å². The van der Waals surface area contributed by atoms with Gasteiger partial charge in [0.05, 0.1) is 26.5 Å². The molecule has 1 unspecified atom stereocenters. The lowest BCUT2D eigenvalue weighted by Crippen LogP contribution is -2.31. The molecular weight excluding hydrogens is 342 g/mol. The van der Waals surface area contributed by atoms with Crippen LogP contribution in [-0.4, -0.2) is 48.2 Å². The van der Waals surface area contributed by atoms with Gasteiger partial charge in [-0.05, 0) is 44.9 Å². The number of rotatable bonds is 9. The summed E-state index contributed by atoms with van der Waals surface area (Å²) in [4.78, 5) is 2.43. The molecule has 0 bridgehead atoms. The number of hydrogen-bond donors (Lipinski definition) is 0. The minimum absolute atomic E-state index is 0.295. The first-order valence-corrected chi connectivity index (χ1v) is 9.70. The molecule has 0 saturated carbocycles. The van der Waals surface area contributed by atoms with Crippen LogP contribution in [0.1, 0.15) is 36.6 Å². The summed E-state index contributed by atoms with van der Waals surface area (Å²) in [6.07, 6.45) is 4.56. The van der Waals surface area contributed by atoms with Crippen LogP contribution < -0.4 is 9.47 Å². The number of nitrogens with zero attached hydrogens (tertiary/aromatic N) is 3. The smallest absolute Gasteiger partial charge is 0.123 e. The summed E-state index contributed by atoms with van der Waals surface area (Å²) in [5.41, 5.74) is 3.61. The Labute approximate surface area is 162 Å². The molecule has 1 saturated heterocycles. The van der Waals surface area contributed by atoms with Crippen molar-refractivity contribution in [2.45, 2.75) is 52.4 Å². The highest BCUT2D eigenvalue weighted by Crippen LogP contribution is 2.27.